The highest BCUT2D eigenvalue weighted by atomic mass is 16.3. The molecule has 0 atom stereocenters. The third kappa shape index (κ3) is 2.73. The molecule has 2 heterocycles. The van der Waals surface area contributed by atoms with Crippen molar-refractivity contribution < 1.29 is 4.42 Å². The van der Waals surface area contributed by atoms with E-state index in [1.165, 1.54) is 0 Å². The third-order valence-electron chi connectivity index (χ3n) is 4.34. The first-order valence-corrected chi connectivity index (χ1v) is 8.51. The average molecular weight is 369 g/mol. The summed E-state index contributed by atoms with van der Waals surface area (Å²) in [5, 5.41) is 12.8. The van der Waals surface area contributed by atoms with Crippen molar-refractivity contribution in [2.75, 3.05) is 18.1 Å². The van der Waals surface area contributed by atoms with Crippen LogP contribution in [0.2, 0.25) is 0 Å². The Bertz CT molecular complexity index is 1290. The Morgan fingerprint density at radius 1 is 1.07 bits per heavy atom. The van der Waals surface area contributed by atoms with Gasteiger partial charge in [0.15, 0.2) is 0 Å². The molecule has 136 valence electrons. The second-order valence-corrected chi connectivity index (χ2v) is 6.02. The Morgan fingerprint density at radius 2 is 1.79 bits per heavy atom. The molecule has 0 spiro atoms. The number of fused-ring (bicyclic) bond motifs is 1. The fourth-order valence-electron chi connectivity index (χ4n) is 3.03. The lowest BCUT2D eigenvalue weighted by Crippen LogP contribution is -2.12. The summed E-state index contributed by atoms with van der Waals surface area (Å²) in [6, 6.07) is 18.2. The number of nitriles is 1. The molecular formula is C21H15N5O2. The van der Waals surface area contributed by atoms with E-state index in [0.717, 1.165) is 0 Å². The van der Waals surface area contributed by atoms with Gasteiger partial charge >= 0.3 is 0 Å². The van der Waals surface area contributed by atoms with E-state index in [0.29, 0.717) is 22.3 Å². The van der Waals surface area contributed by atoms with Crippen LogP contribution < -0.4 is 16.5 Å². The van der Waals surface area contributed by atoms with Gasteiger partial charge in [-0.05, 0) is 12.1 Å². The Kier molecular flexibility index (Phi) is 4.22. The van der Waals surface area contributed by atoms with E-state index < -0.39 is 0 Å². The van der Waals surface area contributed by atoms with Crippen molar-refractivity contribution in [2.24, 2.45) is 0 Å². The number of hydrogen-bond acceptors (Lipinski definition) is 7. The zero-order valence-corrected chi connectivity index (χ0v) is 14.9. The van der Waals surface area contributed by atoms with Crippen molar-refractivity contribution in [3.05, 3.63) is 70.4 Å². The summed E-state index contributed by atoms with van der Waals surface area (Å²) in [5.74, 6) is 0.516. The van der Waals surface area contributed by atoms with Gasteiger partial charge in [-0.15, -0.1) is 0 Å². The third-order valence-corrected chi connectivity index (χ3v) is 4.34. The minimum atomic E-state index is -0.294. The van der Waals surface area contributed by atoms with Crippen LogP contribution in [0.15, 0.2) is 63.8 Å². The molecule has 0 radical (unpaired) electrons. The van der Waals surface area contributed by atoms with E-state index in [1.807, 2.05) is 36.4 Å². The summed E-state index contributed by atoms with van der Waals surface area (Å²) in [7, 11) is 1.63. The van der Waals surface area contributed by atoms with E-state index in [-0.39, 0.29) is 34.0 Å². The fraction of sp³-hybridized carbons (Fsp3) is 0.0476. The molecular weight excluding hydrogens is 354 g/mol. The van der Waals surface area contributed by atoms with Crippen molar-refractivity contribution >= 4 is 22.7 Å². The first-order chi connectivity index (χ1) is 13.6. The van der Waals surface area contributed by atoms with Crippen LogP contribution in [0.5, 0.6) is 0 Å². The molecule has 0 aliphatic heterocycles. The van der Waals surface area contributed by atoms with E-state index in [4.69, 9.17) is 10.2 Å². The zero-order valence-electron chi connectivity index (χ0n) is 14.9. The topological polar surface area (TPSA) is 118 Å². The molecule has 0 aliphatic rings. The maximum Gasteiger partial charge on any atom is 0.225 e. The Morgan fingerprint density at radius 3 is 2.50 bits per heavy atom. The van der Waals surface area contributed by atoms with Crippen LogP contribution in [0, 0.1) is 11.3 Å². The molecule has 2 aromatic carbocycles. The van der Waals surface area contributed by atoms with Gasteiger partial charge in [0, 0.05) is 12.6 Å². The number of aromatic nitrogens is 2. The standard InChI is InChI=1S/C21H15N5O2/c1-24-21-25-17(14(11-22)20(23)26-21)16-18(27)13-9-5-6-10-15(13)28-19(16)12-7-3-2-4-8-12/h2-10H,1H3,(H3,23,24,25,26). The number of anilines is 2. The number of benzene rings is 2. The molecule has 4 aromatic rings. The molecule has 7 nitrogen and oxygen atoms in total. The van der Waals surface area contributed by atoms with Gasteiger partial charge in [-0.2, -0.15) is 10.2 Å². The normalized spacial score (nSPS) is 10.6. The average Bonchev–Trinajstić information content (AvgIpc) is 2.73. The summed E-state index contributed by atoms with van der Waals surface area (Å²) >= 11 is 0. The van der Waals surface area contributed by atoms with Crippen molar-refractivity contribution in [2.45, 2.75) is 0 Å². The van der Waals surface area contributed by atoms with Crippen LogP contribution >= 0.6 is 0 Å². The van der Waals surface area contributed by atoms with Crippen LogP contribution in [0.1, 0.15) is 5.56 Å². The second kappa shape index (κ2) is 6.85. The second-order valence-electron chi connectivity index (χ2n) is 6.02. The molecule has 28 heavy (non-hydrogen) atoms. The SMILES string of the molecule is CNc1nc(N)c(C#N)c(-c2c(-c3ccccc3)oc3ccccc3c2=O)n1. The molecule has 0 aliphatic carbocycles. The lowest BCUT2D eigenvalue weighted by Gasteiger charge is -2.12. The smallest absolute Gasteiger partial charge is 0.225 e. The van der Waals surface area contributed by atoms with Gasteiger partial charge in [0.05, 0.1) is 10.9 Å². The van der Waals surface area contributed by atoms with Crippen LogP contribution in [-0.2, 0) is 0 Å². The summed E-state index contributed by atoms with van der Waals surface area (Å²) in [5.41, 5.74) is 7.13. The highest BCUT2D eigenvalue weighted by Crippen LogP contribution is 2.34. The molecule has 0 amide bonds. The summed E-state index contributed by atoms with van der Waals surface area (Å²) in [6.07, 6.45) is 0. The van der Waals surface area contributed by atoms with Gasteiger partial charge in [0.1, 0.15) is 34.5 Å². The van der Waals surface area contributed by atoms with Crippen molar-refractivity contribution in [3.63, 3.8) is 0 Å². The first-order valence-electron chi connectivity index (χ1n) is 8.51. The van der Waals surface area contributed by atoms with Gasteiger partial charge < -0.3 is 15.5 Å². The molecule has 4 rings (SSSR count). The number of para-hydroxylation sites is 1. The van der Waals surface area contributed by atoms with Crippen LogP contribution in [0.4, 0.5) is 11.8 Å². The number of nitrogens with zero attached hydrogens (tertiary/aromatic N) is 3. The Hall–Kier alpha value is -4.18. The van der Waals surface area contributed by atoms with E-state index >= 15 is 0 Å². The highest BCUT2D eigenvalue weighted by molar-refractivity contribution is 5.90. The van der Waals surface area contributed by atoms with Gasteiger partial charge in [-0.3, -0.25) is 4.79 Å². The van der Waals surface area contributed by atoms with Crippen molar-refractivity contribution in [3.8, 4) is 28.7 Å². The molecule has 0 unspecified atom stereocenters. The van der Waals surface area contributed by atoms with E-state index in [1.54, 1.807) is 31.3 Å². The minimum Gasteiger partial charge on any atom is -0.455 e. The van der Waals surface area contributed by atoms with Crippen LogP contribution in [-0.4, -0.2) is 17.0 Å². The summed E-state index contributed by atoms with van der Waals surface area (Å²) < 4.78 is 6.10. The molecule has 0 fully saturated rings. The summed E-state index contributed by atoms with van der Waals surface area (Å²) in [4.78, 5) is 21.8. The Labute approximate surface area is 160 Å². The van der Waals surface area contributed by atoms with Crippen LogP contribution in [0.25, 0.3) is 33.6 Å². The van der Waals surface area contributed by atoms with E-state index in [9.17, 15) is 10.1 Å². The van der Waals surface area contributed by atoms with Crippen LogP contribution in [0.3, 0.4) is 0 Å². The molecule has 3 N–H and O–H groups in total. The Balaban J connectivity index is 2.19. The predicted octanol–water partition coefficient (Wildman–Crippen LogP) is 3.41. The fourth-order valence-corrected chi connectivity index (χ4v) is 3.03. The van der Waals surface area contributed by atoms with Gasteiger partial charge in [0.2, 0.25) is 11.4 Å². The van der Waals surface area contributed by atoms with Gasteiger partial charge in [-0.1, -0.05) is 42.5 Å². The molecule has 0 bridgehead atoms. The molecule has 0 saturated heterocycles. The number of rotatable bonds is 3. The molecule has 7 heteroatoms. The predicted molar refractivity (Wildman–Crippen MR) is 108 cm³/mol. The first kappa shape index (κ1) is 17.2. The van der Waals surface area contributed by atoms with Gasteiger partial charge in [-0.25, -0.2) is 4.98 Å². The zero-order chi connectivity index (χ0) is 19.7. The molecule has 2 aromatic heterocycles. The summed E-state index contributed by atoms with van der Waals surface area (Å²) in [6.45, 7) is 0. The van der Waals surface area contributed by atoms with Crippen molar-refractivity contribution in [1.29, 1.82) is 5.26 Å². The number of hydrogen-bond donors (Lipinski definition) is 2. The molecule has 0 saturated carbocycles. The quantitative estimate of drug-likeness (QED) is 0.568. The van der Waals surface area contributed by atoms with E-state index in [2.05, 4.69) is 15.3 Å². The number of nitrogen functional groups attached to an aromatic ring is 1. The number of nitrogens with two attached hydrogens (primary N) is 1. The maximum absolute atomic E-state index is 13.4. The minimum absolute atomic E-state index is 0.0107. The highest BCUT2D eigenvalue weighted by Gasteiger charge is 2.24. The van der Waals surface area contributed by atoms with Crippen molar-refractivity contribution in [1.82, 2.24) is 9.97 Å². The maximum atomic E-state index is 13.4. The lowest BCUT2D eigenvalue weighted by molar-refractivity contribution is 0.620. The monoisotopic (exact) mass is 369 g/mol. The number of nitrogens with one attached hydrogen (secondary N) is 1. The van der Waals surface area contributed by atoms with Gasteiger partial charge in [0.25, 0.3) is 0 Å². The largest absolute Gasteiger partial charge is 0.455 e. The lowest BCUT2D eigenvalue weighted by atomic mass is 9.99.